The van der Waals surface area contributed by atoms with E-state index in [1.807, 2.05) is 26.0 Å². The van der Waals surface area contributed by atoms with Crippen molar-refractivity contribution in [3.63, 3.8) is 0 Å². The van der Waals surface area contributed by atoms with E-state index in [4.69, 9.17) is 0 Å². The van der Waals surface area contributed by atoms with Gasteiger partial charge in [0.25, 0.3) is 0 Å². The number of nitrogens with zero attached hydrogens (tertiary/aromatic N) is 3. The van der Waals surface area contributed by atoms with Crippen molar-refractivity contribution in [2.45, 2.75) is 38.1 Å². The van der Waals surface area contributed by atoms with E-state index < -0.39 is 0 Å². The normalized spacial score (nSPS) is 14.4. The number of aromatic nitrogens is 2. The topological polar surface area (TPSA) is 87.2 Å². The number of nitrogens with one attached hydrogen (secondary N) is 2. The van der Waals surface area contributed by atoms with Crippen LogP contribution < -0.4 is 15.5 Å². The average Bonchev–Trinajstić information content (AvgIpc) is 2.79. The van der Waals surface area contributed by atoms with Crippen molar-refractivity contribution in [1.29, 1.82) is 0 Å². The number of carbonyl (C=O) groups is 2. The van der Waals surface area contributed by atoms with E-state index in [0.717, 1.165) is 50.3 Å². The molecule has 1 aromatic carbocycles. The molecule has 3 rings (SSSR count). The molecule has 2 heterocycles. The van der Waals surface area contributed by atoms with Gasteiger partial charge < -0.3 is 15.5 Å². The molecule has 0 spiro atoms. The molecule has 0 bridgehead atoms. The van der Waals surface area contributed by atoms with Crippen LogP contribution in [0.2, 0.25) is 0 Å². The highest BCUT2D eigenvalue weighted by Crippen LogP contribution is 2.23. The van der Waals surface area contributed by atoms with Crippen LogP contribution in [0, 0.1) is 18.7 Å². The molecular formula is C22H28FN5O2S. The maximum atomic E-state index is 13.4. The Hall–Kier alpha value is -2.68. The van der Waals surface area contributed by atoms with Gasteiger partial charge in [0, 0.05) is 31.2 Å². The molecule has 1 fully saturated rings. The molecule has 9 heteroatoms. The number of anilines is 2. The van der Waals surface area contributed by atoms with Crippen LogP contribution in [-0.4, -0.2) is 47.4 Å². The van der Waals surface area contributed by atoms with Crippen molar-refractivity contribution < 1.29 is 14.0 Å². The average molecular weight is 446 g/mol. The summed E-state index contributed by atoms with van der Waals surface area (Å²) in [5, 5.41) is 14.8. The zero-order valence-electron chi connectivity index (χ0n) is 17.9. The van der Waals surface area contributed by atoms with Gasteiger partial charge in [-0.25, -0.2) is 4.39 Å². The van der Waals surface area contributed by atoms with Gasteiger partial charge in [-0.05, 0) is 56.0 Å². The molecule has 2 amide bonds. The highest BCUT2D eigenvalue weighted by Gasteiger charge is 2.25. The number of thioether (sulfide) groups is 1. The first-order valence-electron chi connectivity index (χ1n) is 10.5. The molecule has 0 unspecified atom stereocenters. The van der Waals surface area contributed by atoms with Gasteiger partial charge in [0.05, 0.1) is 5.75 Å². The number of aryl methyl sites for hydroxylation is 1. The Morgan fingerprint density at radius 2 is 1.97 bits per heavy atom. The lowest BCUT2D eigenvalue weighted by Crippen LogP contribution is -2.41. The van der Waals surface area contributed by atoms with E-state index in [2.05, 4.69) is 25.7 Å². The zero-order valence-corrected chi connectivity index (χ0v) is 18.7. The van der Waals surface area contributed by atoms with Gasteiger partial charge in [-0.2, -0.15) is 0 Å². The summed E-state index contributed by atoms with van der Waals surface area (Å²) in [7, 11) is 0. The van der Waals surface area contributed by atoms with E-state index in [1.54, 1.807) is 6.07 Å². The number of halogens is 1. The summed E-state index contributed by atoms with van der Waals surface area (Å²) in [5.41, 5.74) is 1.27. The lowest BCUT2D eigenvalue weighted by atomic mass is 9.96. The number of benzene rings is 1. The first-order valence-corrected chi connectivity index (χ1v) is 11.5. The van der Waals surface area contributed by atoms with Crippen molar-refractivity contribution in [2.75, 3.05) is 35.6 Å². The quantitative estimate of drug-likeness (QED) is 0.606. The van der Waals surface area contributed by atoms with Crippen LogP contribution in [-0.2, 0) is 9.59 Å². The fraction of sp³-hybridized carbons (Fsp3) is 0.455. The Bertz CT molecular complexity index is 901. The van der Waals surface area contributed by atoms with Crippen LogP contribution >= 0.6 is 11.8 Å². The van der Waals surface area contributed by atoms with Crippen molar-refractivity contribution in [3.8, 4) is 0 Å². The Labute approximate surface area is 186 Å². The summed E-state index contributed by atoms with van der Waals surface area (Å²) >= 11 is 1.27. The third-order valence-electron chi connectivity index (χ3n) is 5.19. The summed E-state index contributed by atoms with van der Waals surface area (Å²) in [4.78, 5) is 26.4. The maximum absolute atomic E-state index is 13.4. The van der Waals surface area contributed by atoms with Gasteiger partial charge in [-0.15, -0.1) is 10.2 Å². The molecule has 7 nitrogen and oxygen atoms in total. The Morgan fingerprint density at radius 3 is 2.65 bits per heavy atom. The summed E-state index contributed by atoms with van der Waals surface area (Å²) in [6.07, 6.45) is 2.54. The molecule has 0 aliphatic carbocycles. The van der Waals surface area contributed by atoms with Gasteiger partial charge in [0.2, 0.25) is 11.8 Å². The van der Waals surface area contributed by atoms with Crippen molar-refractivity contribution >= 4 is 35.1 Å². The predicted molar refractivity (Wildman–Crippen MR) is 121 cm³/mol. The minimum Gasteiger partial charge on any atom is -0.356 e. The minimum atomic E-state index is -0.388. The molecule has 2 N–H and O–H groups in total. The highest BCUT2D eigenvalue weighted by molar-refractivity contribution is 7.99. The SMILES string of the molecule is CCCNC(=O)C1CCN(c2ccc(SCC(=O)Nc3cc(F)ccc3C)nn2)CC1. The molecule has 0 saturated carbocycles. The van der Waals surface area contributed by atoms with Crippen LogP contribution in [0.15, 0.2) is 35.4 Å². The van der Waals surface area contributed by atoms with E-state index >= 15 is 0 Å². The third-order valence-corrected chi connectivity index (χ3v) is 6.11. The summed E-state index contributed by atoms with van der Waals surface area (Å²) in [6, 6.07) is 8.03. The minimum absolute atomic E-state index is 0.0610. The third kappa shape index (κ3) is 6.65. The lowest BCUT2D eigenvalue weighted by Gasteiger charge is -2.31. The molecular weight excluding hydrogens is 417 g/mol. The van der Waals surface area contributed by atoms with Crippen LogP contribution in [0.4, 0.5) is 15.9 Å². The number of amides is 2. The first-order chi connectivity index (χ1) is 15.0. The fourth-order valence-corrected chi connectivity index (χ4v) is 3.99. The molecule has 2 aromatic rings. The number of carbonyl (C=O) groups excluding carboxylic acids is 2. The van der Waals surface area contributed by atoms with Crippen LogP contribution in [0.5, 0.6) is 0 Å². The second kappa shape index (κ2) is 11.1. The van der Waals surface area contributed by atoms with Gasteiger partial charge in [-0.3, -0.25) is 9.59 Å². The summed E-state index contributed by atoms with van der Waals surface area (Å²) in [6.45, 7) is 6.11. The summed E-state index contributed by atoms with van der Waals surface area (Å²) < 4.78 is 13.4. The Kier molecular flexibility index (Phi) is 8.22. The molecule has 166 valence electrons. The van der Waals surface area contributed by atoms with Gasteiger partial charge in [0.1, 0.15) is 10.8 Å². The van der Waals surface area contributed by atoms with Gasteiger partial charge >= 0.3 is 0 Å². The molecule has 1 aliphatic rings. The second-order valence-corrected chi connectivity index (χ2v) is 8.57. The molecule has 0 atom stereocenters. The molecule has 0 radical (unpaired) electrons. The van der Waals surface area contributed by atoms with Gasteiger partial charge in [0.15, 0.2) is 5.82 Å². The van der Waals surface area contributed by atoms with Gasteiger partial charge in [-0.1, -0.05) is 24.8 Å². The number of piperidine rings is 1. The standard InChI is InChI=1S/C22H28FN5O2S/c1-3-10-24-22(30)16-8-11-28(12-9-16)19-6-7-21(27-26-19)31-14-20(29)25-18-13-17(23)5-4-15(18)2/h4-7,13,16H,3,8-12,14H2,1-2H3,(H,24,30)(H,25,29). The highest BCUT2D eigenvalue weighted by atomic mass is 32.2. The number of hydrogen-bond donors (Lipinski definition) is 2. The largest absolute Gasteiger partial charge is 0.356 e. The molecule has 1 aromatic heterocycles. The maximum Gasteiger partial charge on any atom is 0.234 e. The van der Waals surface area contributed by atoms with Crippen LogP contribution in [0.25, 0.3) is 0 Å². The smallest absolute Gasteiger partial charge is 0.234 e. The van der Waals surface area contributed by atoms with E-state index in [0.29, 0.717) is 10.7 Å². The van der Waals surface area contributed by atoms with Crippen molar-refractivity contribution in [2.24, 2.45) is 5.92 Å². The van der Waals surface area contributed by atoms with E-state index in [1.165, 1.54) is 23.9 Å². The van der Waals surface area contributed by atoms with E-state index in [9.17, 15) is 14.0 Å². The fourth-order valence-electron chi connectivity index (χ4n) is 3.38. The van der Waals surface area contributed by atoms with Crippen molar-refractivity contribution in [3.05, 3.63) is 41.7 Å². The molecule has 31 heavy (non-hydrogen) atoms. The lowest BCUT2D eigenvalue weighted by molar-refractivity contribution is -0.125. The van der Waals surface area contributed by atoms with E-state index in [-0.39, 0.29) is 29.3 Å². The van der Waals surface area contributed by atoms with Crippen molar-refractivity contribution in [1.82, 2.24) is 15.5 Å². The Balaban J connectivity index is 1.45. The predicted octanol–water partition coefficient (Wildman–Crippen LogP) is 3.40. The molecule has 1 saturated heterocycles. The molecule has 1 aliphatic heterocycles. The monoisotopic (exact) mass is 445 g/mol. The second-order valence-electron chi connectivity index (χ2n) is 7.58. The van der Waals surface area contributed by atoms with Crippen LogP contribution in [0.1, 0.15) is 31.7 Å². The van der Waals surface area contributed by atoms with Crippen LogP contribution in [0.3, 0.4) is 0 Å². The first kappa shape index (κ1) is 23.0. The Morgan fingerprint density at radius 1 is 1.19 bits per heavy atom. The zero-order chi connectivity index (χ0) is 22.2. The number of rotatable bonds is 8. The number of hydrogen-bond acceptors (Lipinski definition) is 6. The summed E-state index contributed by atoms with van der Waals surface area (Å²) in [5.74, 6) is 0.518.